The normalized spacial score (nSPS) is 19.2. The second kappa shape index (κ2) is 5.41. The van der Waals surface area contributed by atoms with Gasteiger partial charge in [-0.2, -0.15) is 13.2 Å². The first-order valence-corrected chi connectivity index (χ1v) is 6.39. The molecule has 0 spiro atoms. The molecule has 2 nitrogen and oxygen atoms in total. The van der Waals surface area contributed by atoms with Crippen LogP contribution in [0.3, 0.4) is 0 Å². The highest BCUT2D eigenvalue weighted by Crippen LogP contribution is 2.36. The smallest absolute Gasteiger partial charge is 0.384 e. The molecule has 1 saturated heterocycles. The van der Waals surface area contributed by atoms with Crippen molar-refractivity contribution in [2.75, 3.05) is 25.1 Å². The van der Waals surface area contributed by atoms with Gasteiger partial charge in [-0.05, 0) is 30.4 Å². The van der Waals surface area contributed by atoms with Gasteiger partial charge in [0, 0.05) is 25.4 Å². The van der Waals surface area contributed by atoms with Crippen LogP contribution < -0.4 is 5.32 Å². The van der Waals surface area contributed by atoms with E-state index in [-0.39, 0.29) is 11.1 Å². The Labute approximate surface area is 111 Å². The van der Waals surface area contributed by atoms with Crippen LogP contribution >= 0.6 is 0 Å². The molecule has 1 fully saturated rings. The van der Waals surface area contributed by atoms with Crippen LogP contribution in [0.4, 0.5) is 18.9 Å². The maximum absolute atomic E-state index is 12.8. The van der Waals surface area contributed by atoms with E-state index in [4.69, 9.17) is 4.74 Å². The molecule has 0 atom stereocenters. The Balaban J connectivity index is 2.07. The fourth-order valence-electron chi connectivity index (χ4n) is 2.23. The SMILES string of the molecule is CC1(CNc2ccccc2C(F)(F)F)CCOCC1. The number of para-hydroxylation sites is 1. The van der Waals surface area contributed by atoms with Crippen LogP contribution in [-0.2, 0) is 10.9 Å². The van der Waals surface area contributed by atoms with E-state index in [2.05, 4.69) is 12.2 Å². The molecule has 0 radical (unpaired) electrons. The maximum atomic E-state index is 12.8. The van der Waals surface area contributed by atoms with Crippen LogP contribution in [-0.4, -0.2) is 19.8 Å². The van der Waals surface area contributed by atoms with E-state index in [9.17, 15) is 13.2 Å². The molecule has 106 valence electrons. The molecule has 19 heavy (non-hydrogen) atoms. The summed E-state index contributed by atoms with van der Waals surface area (Å²) >= 11 is 0. The lowest BCUT2D eigenvalue weighted by molar-refractivity contribution is -0.137. The lowest BCUT2D eigenvalue weighted by atomic mass is 9.82. The van der Waals surface area contributed by atoms with Crippen molar-refractivity contribution >= 4 is 5.69 Å². The maximum Gasteiger partial charge on any atom is 0.418 e. The van der Waals surface area contributed by atoms with Gasteiger partial charge in [-0.1, -0.05) is 19.1 Å². The zero-order valence-corrected chi connectivity index (χ0v) is 10.9. The number of nitrogens with one attached hydrogen (secondary N) is 1. The topological polar surface area (TPSA) is 21.3 Å². The lowest BCUT2D eigenvalue weighted by Crippen LogP contribution is -2.33. The summed E-state index contributed by atoms with van der Waals surface area (Å²) in [7, 11) is 0. The van der Waals surface area contributed by atoms with Gasteiger partial charge in [-0.25, -0.2) is 0 Å². The summed E-state index contributed by atoms with van der Waals surface area (Å²) < 4.78 is 43.8. The summed E-state index contributed by atoms with van der Waals surface area (Å²) in [5.41, 5.74) is -0.454. The number of anilines is 1. The second-order valence-corrected chi connectivity index (χ2v) is 5.32. The molecule has 0 amide bonds. The van der Waals surface area contributed by atoms with Gasteiger partial charge in [0.25, 0.3) is 0 Å². The molecule has 5 heteroatoms. The van der Waals surface area contributed by atoms with Crippen molar-refractivity contribution in [3.8, 4) is 0 Å². The second-order valence-electron chi connectivity index (χ2n) is 5.32. The van der Waals surface area contributed by atoms with Crippen LogP contribution in [0.25, 0.3) is 0 Å². The Morgan fingerprint density at radius 1 is 1.21 bits per heavy atom. The Kier molecular flexibility index (Phi) is 4.04. The molecule has 1 aliphatic heterocycles. The molecule has 0 saturated carbocycles. The van der Waals surface area contributed by atoms with E-state index in [1.807, 2.05) is 0 Å². The Morgan fingerprint density at radius 2 is 1.84 bits per heavy atom. The summed E-state index contributed by atoms with van der Waals surface area (Å²) in [6.07, 6.45) is -2.58. The van der Waals surface area contributed by atoms with E-state index < -0.39 is 11.7 Å². The molecule has 0 bridgehead atoms. The van der Waals surface area contributed by atoms with E-state index in [1.165, 1.54) is 12.1 Å². The van der Waals surface area contributed by atoms with Crippen LogP contribution in [0.2, 0.25) is 0 Å². The Bertz CT molecular complexity index is 425. The minimum Gasteiger partial charge on any atom is -0.384 e. The van der Waals surface area contributed by atoms with Gasteiger partial charge in [0.1, 0.15) is 0 Å². The van der Waals surface area contributed by atoms with Crippen molar-refractivity contribution in [1.82, 2.24) is 0 Å². The van der Waals surface area contributed by atoms with E-state index in [1.54, 1.807) is 6.07 Å². The first-order valence-electron chi connectivity index (χ1n) is 6.39. The first-order chi connectivity index (χ1) is 8.91. The summed E-state index contributed by atoms with van der Waals surface area (Å²) in [6.45, 7) is 3.97. The molecule has 1 aromatic carbocycles. The van der Waals surface area contributed by atoms with E-state index >= 15 is 0 Å². The largest absolute Gasteiger partial charge is 0.418 e. The van der Waals surface area contributed by atoms with Gasteiger partial charge in [0.15, 0.2) is 0 Å². The summed E-state index contributed by atoms with van der Waals surface area (Å²) in [6, 6.07) is 5.61. The summed E-state index contributed by atoms with van der Waals surface area (Å²) in [4.78, 5) is 0. The molecule has 0 aromatic heterocycles. The number of halogens is 3. The number of benzene rings is 1. The third-order valence-electron chi connectivity index (χ3n) is 3.64. The van der Waals surface area contributed by atoms with Crippen LogP contribution in [0.5, 0.6) is 0 Å². The quantitative estimate of drug-likeness (QED) is 0.900. The van der Waals surface area contributed by atoms with Crippen molar-refractivity contribution in [2.45, 2.75) is 25.9 Å². The fourth-order valence-corrected chi connectivity index (χ4v) is 2.23. The molecule has 0 unspecified atom stereocenters. The third-order valence-corrected chi connectivity index (χ3v) is 3.64. The Morgan fingerprint density at radius 3 is 2.47 bits per heavy atom. The monoisotopic (exact) mass is 273 g/mol. The fraction of sp³-hybridized carbons (Fsp3) is 0.571. The number of ether oxygens (including phenoxy) is 1. The van der Waals surface area contributed by atoms with Crippen molar-refractivity contribution < 1.29 is 17.9 Å². The third kappa shape index (κ3) is 3.62. The molecule has 1 aromatic rings. The van der Waals surface area contributed by atoms with Gasteiger partial charge in [0.2, 0.25) is 0 Å². The highest BCUT2D eigenvalue weighted by molar-refractivity contribution is 5.52. The predicted molar refractivity (Wildman–Crippen MR) is 68.1 cm³/mol. The molecular weight excluding hydrogens is 255 g/mol. The lowest BCUT2D eigenvalue weighted by Gasteiger charge is -2.34. The zero-order valence-electron chi connectivity index (χ0n) is 10.9. The summed E-state index contributed by atoms with van der Waals surface area (Å²) in [5.74, 6) is 0. The minimum absolute atomic E-state index is 0.00302. The molecule has 1 N–H and O–H groups in total. The van der Waals surface area contributed by atoms with Gasteiger partial charge < -0.3 is 10.1 Å². The number of hydrogen-bond acceptors (Lipinski definition) is 2. The predicted octanol–water partition coefficient (Wildman–Crippen LogP) is 3.93. The van der Waals surface area contributed by atoms with Crippen molar-refractivity contribution in [3.05, 3.63) is 29.8 Å². The van der Waals surface area contributed by atoms with Crippen molar-refractivity contribution in [2.24, 2.45) is 5.41 Å². The summed E-state index contributed by atoms with van der Waals surface area (Å²) in [5, 5.41) is 2.95. The van der Waals surface area contributed by atoms with Crippen LogP contribution in [0, 0.1) is 5.41 Å². The van der Waals surface area contributed by atoms with Gasteiger partial charge in [0.05, 0.1) is 5.56 Å². The van der Waals surface area contributed by atoms with Crippen molar-refractivity contribution in [3.63, 3.8) is 0 Å². The van der Waals surface area contributed by atoms with Gasteiger partial charge in [-0.15, -0.1) is 0 Å². The van der Waals surface area contributed by atoms with Gasteiger partial charge >= 0.3 is 6.18 Å². The molecule has 2 rings (SSSR count). The first kappa shape index (κ1) is 14.2. The highest BCUT2D eigenvalue weighted by atomic mass is 19.4. The highest BCUT2D eigenvalue weighted by Gasteiger charge is 2.34. The zero-order chi connectivity index (χ0) is 13.9. The van der Waals surface area contributed by atoms with Gasteiger partial charge in [-0.3, -0.25) is 0 Å². The molecule has 1 aliphatic rings. The minimum atomic E-state index is -4.32. The van der Waals surface area contributed by atoms with E-state index in [0.29, 0.717) is 19.8 Å². The van der Waals surface area contributed by atoms with Crippen LogP contribution in [0.15, 0.2) is 24.3 Å². The standard InChI is InChI=1S/C14H18F3NO/c1-13(6-8-19-9-7-13)10-18-12-5-3-2-4-11(12)14(15,16)17/h2-5,18H,6-10H2,1H3. The van der Waals surface area contributed by atoms with E-state index in [0.717, 1.165) is 18.9 Å². The molecule has 0 aliphatic carbocycles. The number of hydrogen-bond donors (Lipinski definition) is 1. The average molecular weight is 273 g/mol. The Hall–Kier alpha value is -1.23. The number of alkyl halides is 3. The average Bonchev–Trinajstić information content (AvgIpc) is 2.37. The number of rotatable bonds is 3. The van der Waals surface area contributed by atoms with Crippen molar-refractivity contribution in [1.29, 1.82) is 0 Å². The molecular formula is C14H18F3NO. The van der Waals surface area contributed by atoms with Crippen LogP contribution in [0.1, 0.15) is 25.3 Å². The molecule has 1 heterocycles.